The monoisotopic (exact) mass is 194 g/mol. The zero-order valence-corrected chi connectivity index (χ0v) is 9.13. The largest absolute Gasteiger partial charge is 0.323 e. The van der Waals surface area contributed by atoms with Gasteiger partial charge in [0.15, 0.2) is 0 Å². The number of urea groups is 1. The highest BCUT2D eigenvalue weighted by molar-refractivity contribution is 5.78. The van der Waals surface area contributed by atoms with E-state index >= 15 is 0 Å². The molecule has 0 fully saturated rings. The summed E-state index contributed by atoms with van der Waals surface area (Å²) >= 11 is 0. The van der Waals surface area contributed by atoms with E-state index in [2.05, 4.69) is 18.5 Å². The fourth-order valence-corrected chi connectivity index (χ4v) is 1.06. The molecule has 1 aliphatic rings. The van der Waals surface area contributed by atoms with Gasteiger partial charge in [0, 0.05) is 19.3 Å². The smallest absolute Gasteiger partial charge is 0.321 e. The minimum Gasteiger partial charge on any atom is -0.323 e. The Morgan fingerprint density at radius 2 is 1.93 bits per heavy atom. The molecular formula is C11H18N2O. The third-order valence-corrected chi connectivity index (χ3v) is 1.79. The van der Waals surface area contributed by atoms with Gasteiger partial charge >= 0.3 is 6.03 Å². The molecular weight excluding hydrogens is 176 g/mol. The second-order valence-corrected chi connectivity index (χ2v) is 2.63. The Bertz CT molecular complexity index is 266. The molecule has 0 aliphatic carbocycles. The van der Waals surface area contributed by atoms with Crippen molar-refractivity contribution >= 4 is 6.03 Å². The van der Waals surface area contributed by atoms with Gasteiger partial charge in [-0.2, -0.15) is 0 Å². The summed E-state index contributed by atoms with van der Waals surface area (Å²) in [6, 6.07) is -0.101. The van der Waals surface area contributed by atoms with Gasteiger partial charge in [-0.15, -0.1) is 0 Å². The summed E-state index contributed by atoms with van der Waals surface area (Å²) in [5.74, 6) is 0. The Kier molecular flexibility index (Phi) is 5.37. The first-order valence-electron chi connectivity index (χ1n) is 4.69. The van der Waals surface area contributed by atoms with Gasteiger partial charge in [0.2, 0.25) is 0 Å². The molecule has 0 radical (unpaired) electrons. The maximum atomic E-state index is 11.1. The molecule has 3 heteroatoms. The summed E-state index contributed by atoms with van der Waals surface area (Å²) in [7, 11) is 1.73. The number of carbonyl (C=O) groups excluding carboxylic acids is 1. The van der Waals surface area contributed by atoms with Gasteiger partial charge in [0.05, 0.1) is 0 Å². The first kappa shape index (κ1) is 12.5. The number of allylic oxidation sites excluding steroid dienone is 1. The van der Waals surface area contributed by atoms with Crippen LogP contribution in [-0.2, 0) is 0 Å². The van der Waals surface area contributed by atoms with Crippen LogP contribution in [0, 0.1) is 0 Å². The maximum absolute atomic E-state index is 11.1. The Hall–Kier alpha value is -1.51. The molecule has 78 valence electrons. The maximum Gasteiger partial charge on any atom is 0.321 e. The molecule has 1 N–H and O–H groups in total. The number of hydrogen-bond donors (Lipinski definition) is 1. The van der Waals surface area contributed by atoms with Gasteiger partial charge in [-0.25, -0.2) is 4.79 Å². The third-order valence-electron chi connectivity index (χ3n) is 1.79. The summed E-state index contributed by atoms with van der Waals surface area (Å²) in [5.41, 5.74) is 1.75. The molecule has 3 nitrogen and oxygen atoms in total. The van der Waals surface area contributed by atoms with E-state index in [9.17, 15) is 4.79 Å². The number of likely N-dealkylation sites (N-methyl/N-ethyl adjacent to an activating group) is 1. The summed E-state index contributed by atoms with van der Waals surface area (Å²) < 4.78 is 0. The molecule has 0 saturated heterocycles. The highest BCUT2D eigenvalue weighted by atomic mass is 16.2. The molecule has 0 unspecified atom stereocenters. The molecule has 0 saturated carbocycles. The van der Waals surface area contributed by atoms with E-state index in [1.807, 2.05) is 13.8 Å². The Morgan fingerprint density at radius 3 is 2.36 bits per heavy atom. The number of hydrogen-bond acceptors (Lipinski definition) is 1. The van der Waals surface area contributed by atoms with Crippen LogP contribution in [0.25, 0.3) is 0 Å². The van der Waals surface area contributed by atoms with Gasteiger partial charge in [-0.1, -0.05) is 33.1 Å². The van der Waals surface area contributed by atoms with Crippen LogP contribution in [0.2, 0.25) is 0 Å². The van der Waals surface area contributed by atoms with Gasteiger partial charge < -0.3 is 10.2 Å². The van der Waals surface area contributed by atoms with Crippen molar-refractivity contribution in [1.82, 2.24) is 10.2 Å². The molecule has 2 amide bonds. The second-order valence-electron chi connectivity index (χ2n) is 2.63. The lowest BCUT2D eigenvalue weighted by molar-refractivity contribution is 0.212. The molecule has 1 rings (SSSR count). The van der Waals surface area contributed by atoms with Crippen LogP contribution < -0.4 is 5.32 Å². The summed E-state index contributed by atoms with van der Waals surface area (Å²) in [6.45, 7) is 11.9. The fraction of sp³-hybridized carbons (Fsp3) is 0.364. The number of nitrogens with zero attached hydrogens (tertiary/aromatic N) is 1. The van der Waals surface area contributed by atoms with E-state index in [4.69, 9.17) is 0 Å². The van der Waals surface area contributed by atoms with E-state index in [1.54, 1.807) is 24.1 Å². The topological polar surface area (TPSA) is 32.3 Å². The zero-order chi connectivity index (χ0) is 11.1. The van der Waals surface area contributed by atoms with E-state index in [-0.39, 0.29) is 6.03 Å². The van der Waals surface area contributed by atoms with Crippen LogP contribution in [0.4, 0.5) is 4.79 Å². The Balaban J connectivity index is 0.000000791. The van der Waals surface area contributed by atoms with Crippen molar-refractivity contribution in [2.75, 3.05) is 13.6 Å². The van der Waals surface area contributed by atoms with Crippen molar-refractivity contribution in [3.05, 3.63) is 36.6 Å². The van der Waals surface area contributed by atoms with Crippen LogP contribution in [-0.4, -0.2) is 24.5 Å². The van der Waals surface area contributed by atoms with Crippen molar-refractivity contribution in [3.63, 3.8) is 0 Å². The fourth-order valence-electron chi connectivity index (χ4n) is 1.06. The summed E-state index contributed by atoms with van der Waals surface area (Å²) in [4.78, 5) is 12.7. The lowest BCUT2D eigenvalue weighted by Crippen LogP contribution is -2.42. The van der Waals surface area contributed by atoms with Crippen molar-refractivity contribution < 1.29 is 4.79 Å². The molecule has 0 aromatic rings. The highest BCUT2D eigenvalue weighted by Gasteiger charge is 2.17. The standard InChI is InChI=1S/C9H12N2O.C2H6/c1-4-7-6-11(3)9(12)10-8(7)5-2;1-2/h4-5H,1-2,6H2,3H3,(H,10,12);1-2H3. The molecule has 0 aromatic carbocycles. The number of carbonyl (C=O) groups is 1. The minimum atomic E-state index is -0.101. The molecule has 1 heterocycles. The molecule has 0 atom stereocenters. The molecule has 1 aliphatic heterocycles. The number of amides is 2. The second kappa shape index (κ2) is 6.02. The Labute approximate surface area is 85.8 Å². The van der Waals surface area contributed by atoms with Crippen LogP contribution >= 0.6 is 0 Å². The van der Waals surface area contributed by atoms with Crippen molar-refractivity contribution in [2.45, 2.75) is 13.8 Å². The van der Waals surface area contributed by atoms with Crippen molar-refractivity contribution in [1.29, 1.82) is 0 Å². The van der Waals surface area contributed by atoms with Crippen LogP contribution in [0.1, 0.15) is 13.8 Å². The average Bonchev–Trinajstić information content (AvgIpc) is 2.24. The zero-order valence-electron chi connectivity index (χ0n) is 9.13. The number of nitrogens with one attached hydrogen (secondary N) is 1. The van der Waals surface area contributed by atoms with Gasteiger partial charge in [0.25, 0.3) is 0 Å². The summed E-state index contributed by atoms with van der Waals surface area (Å²) in [6.07, 6.45) is 3.36. The van der Waals surface area contributed by atoms with Crippen molar-refractivity contribution in [2.24, 2.45) is 0 Å². The minimum absolute atomic E-state index is 0.101. The van der Waals surface area contributed by atoms with E-state index in [0.717, 1.165) is 11.3 Å². The van der Waals surface area contributed by atoms with E-state index in [0.29, 0.717) is 6.54 Å². The third kappa shape index (κ3) is 2.76. The predicted molar refractivity (Wildman–Crippen MR) is 59.9 cm³/mol. The molecule has 14 heavy (non-hydrogen) atoms. The average molecular weight is 194 g/mol. The molecule has 0 aromatic heterocycles. The summed E-state index contributed by atoms with van der Waals surface area (Å²) in [5, 5.41) is 2.69. The molecule has 0 spiro atoms. The van der Waals surface area contributed by atoms with Crippen LogP contribution in [0.5, 0.6) is 0 Å². The van der Waals surface area contributed by atoms with Gasteiger partial charge in [-0.05, 0) is 11.6 Å². The van der Waals surface area contributed by atoms with Crippen LogP contribution in [0.15, 0.2) is 36.6 Å². The number of rotatable bonds is 2. The lowest BCUT2D eigenvalue weighted by atomic mass is 10.1. The van der Waals surface area contributed by atoms with Gasteiger partial charge in [-0.3, -0.25) is 0 Å². The normalized spacial score (nSPS) is 15.4. The quantitative estimate of drug-likeness (QED) is 0.718. The SMILES string of the molecule is C=CC1=C(C=C)NC(=O)N(C)C1.CC. The lowest BCUT2D eigenvalue weighted by Gasteiger charge is -2.25. The first-order chi connectivity index (χ1) is 6.69. The Morgan fingerprint density at radius 1 is 1.36 bits per heavy atom. The predicted octanol–water partition coefficient (Wildman–Crippen LogP) is 2.29. The van der Waals surface area contributed by atoms with E-state index < -0.39 is 0 Å². The van der Waals surface area contributed by atoms with Crippen molar-refractivity contribution in [3.8, 4) is 0 Å². The highest BCUT2D eigenvalue weighted by Crippen LogP contribution is 2.11. The van der Waals surface area contributed by atoms with Gasteiger partial charge in [0.1, 0.15) is 0 Å². The first-order valence-corrected chi connectivity index (χ1v) is 4.69. The molecule has 0 bridgehead atoms. The van der Waals surface area contributed by atoms with Crippen LogP contribution in [0.3, 0.4) is 0 Å². The van der Waals surface area contributed by atoms with E-state index in [1.165, 1.54) is 0 Å².